The minimum Gasteiger partial charge on any atom is -0.262 e. The van der Waals surface area contributed by atoms with Crippen molar-refractivity contribution in [2.75, 3.05) is 5.01 Å². The van der Waals surface area contributed by atoms with Gasteiger partial charge in [0.2, 0.25) is 0 Å². The maximum atomic E-state index is 9.05. The molecule has 1 fully saturated rings. The number of nitriles is 1. The van der Waals surface area contributed by atoms with E-state index in [0.29, 0.717) is 6.04 Å². The second-order valence-corrected chi connectivity index (χ2v) is 6.11. The summed E-state index contributed by atoms with van der Waals surface area (Å²) < 4.78 is 0. The van der Waals surface area contributed by atoms with E-state index in [-0.39, 0.29) is 0 Å². The Morgan fingerprint density at radius 1 is 1.25 bits per heavy atom. The second-order valence-electron chi connectivity index (χ2n) is 6.11. The van der Waals surface area contributed by atoms with Gasteiger partial charge < -0.3 is 0 Å². The zero-order valence-corrected chi connectivity index (χ0v) is 12.3. The van der Waals surface area contributed by atoms with Gasteiger partial charge in [-0.05, 0) is 56.4 Å². The number of anilines is 1. The summed E-state index contributed by atoms with van der Waals surface area (Å²) in [4.78, 5) is 0. The van der Waals surface area contributed by atoms with Crippen molar-refractivity contribution in [3.05, 3.63) is 29.3 Å². The monoisotopic (exact) mass is 267 g/mol. The summed E-state index contributed by atoms with van der Waals surface area (Å²) in [7, 11) is 0. The second kappa shape index (κ2) is 5.28. The van der Waals surface area contributed by atoms with Crippen molar-refractivity contribution in [3.8, 4) is 6.07 Å². The zero-order valence-electron chi connectivity index (χ0n) is 12.3. The van der Waals surface area contributed by atoms with E-state index in [1.54, 1.807) is 0 Å². The molecule has 2 aliphatic rings. The first-order valence-electron chi connectivity index (χ1n) is 7.53. The van der Waals surface area contributed by atoms with Gasteiger partial charge >= 0.3 is 0 Å². The Bertz CT molecular complexity index is 576. The van der Waals surface area contributed by atoms with E-state index in [9.17, 15) is 0 Å². The third-order valence-electron chi connectivity index (χ3n) is 4.64. The highest BCUT2D eigenvalue weighted by Gasteiger charge is 2.34. The van der Waals surface area contributed by atoms with Gasteiger partial charge in [-0.3, -0.25) is 5.01 Å². The quantitative estimate of drug-likeness (QED) is 0.812. The molecule has 0 saturated heterocycles. The fraction of sp³-hybridized carbons (Fsp3) is 0.529. The van der Waals surface area contributed by atoms with Crippen LogP contribution >= 0.6 is 0 Å². The number of hydrogen-bond acceptors (Lipinski definition) is 3. The standard InChI is InChI=1S/C17H21N3/c1-12-9-16(8-7-15(12)11-18)20-17(10-13(2)19-20)14-5-3-4-6-14/h7-9,14,17H,3-6,10H2,1-2H3. The Balaban J connectivity index is 1.90. The van der Waals surface area contributed by atoms with Crippen molar-refractivity contribution in [2.45, 2.75) is 52.0 Å². The molecule has 104 valence electrons. The smallest absolute Gasteiger partial charge is 0.0994 e. The third-order valence-corrected chi connectivity index (χ3v) is 4.64. The molecular formula is C17H21N3. The van der Waals surface area contributed by atoms with Crippen molar-refractivity contribution >= 4 is 11.4 Å². The van der Waals surface area contributed by atoms with E-state index in [1.807, 2.05) is 19.1 Å². The van der Waals surface area contributed by atoms with Crippen LogP contribution in [0.2, 0.25) is 0 Å². The first kappa shape index (κ1) is 13.2. The number of aryl methyl sites for hydroxylation is 1. The van der Waals surface area contributed by atoms with E-state index >= 15 is 0 Å². The largest absolute Gasteiger partial charge is 0.262 e. The number of nitrogens with zero attached hydrogens (tertiary/aromatic N) is 3. The molecule has 3 rings (SSSR count). The van der Waals surface area contributed by atoms with Crippen LogP contribution in [-0.4, -0.2) is 11.8 Å². The minimum atomic E-state index is 0.518. The van der Waals surface area contributed by atoms with Gasteiger partial charge in [0.05, 0.1) is 23.4 Å². The average molecular weight is 267 g/mol. The first-order valence-corrected chi connectivity index (χ1v) is 7.53. The molecule has 0 bridgehead atoms. The number of benzene rings is 1. The highest BCUT2D eigenvalue weighted by molar-refractivity contribution is 5.86. The summed E-state index contributed by atoms with van der Waals surface area (Å²) in [6, 6.07) is 8.81. The van der Waals surface area contributed by atoms with Crippen LogP contribution in [0.1, 0.15) is 50.2 Å². The Morgan fingerprint density at radius 3 is 2.65 bits per heavy atom. The first-order chi connectivity index (χ1) is 9.69. The Morgan fingerprint density at radius 2 is 2.00 bits per heavy atom. The molecule has 1 aromatic carbocycles. The van der Waals surface area contributed by atoms with Gasteiger partial charge in [0, 0.05) is 12.1 Å². The molecule has 0 aromatic heterocycles. The van der Waals surface area contributed by atoms with Crippen LogP contribution in [0.25, 0.3) is 0 Å². The molecule has 0 amide bonds. The molecule has 1 saturated carbocycles. The fourth-order valence-electron chi connectivity index (χ4n) is 3.56. The van der Waals surface area contributed by atoms with E-state index in [2.05, 4.69) is 24.1 Å². The topological polar surface area (TPSA) is 39.4 Å². The summed E-state index contributed by atoms with van der Waals surface area (Å²) in [6.07, 6.45) is 6.48. The molecule has 0 spiro atoms. The molecule has 1 aliphatic carbocycles. The number of rotatable bonds is 2. The average Bonchev–Trinajstić information content (AvgIpc) is 3.07. The summed E-state index contributed by atoms with van der Waals surface area (Å²) in [6.45, 7) is 4.12. The molecule has 1 heterocycles. The van der Waals surface area contributed by atoms with Crippen LogP contribution in [0.3, 0.4) is 0 Å². The predicted molar refractivity (Wildman–Crippen MR) is 81.8 cm³/mol. The number of hydrogen-bond donors (Lipinski definition) is 0. The van der Waals surface area contributed by atoms with Gasteiger partial charge in [0.1, 0.15) is 0 Å². The van der Waals surface area contributed by atoms with E-state index < -0.39 is 0 Å². The molecule has 3 nitrogen and oxygen atoms in total. The van der Waals surface area contributed by atoms with Crippen molar-refractivity contribution in [2.24, 2.45) is 11.0 Å². The number of hydrazone groups is 1. The Labute approximate surface area is 120 Å². The predicted octanol–water partition coefficient (Wildman–Crippen LogP) is 4.01. The van der Waals surface area contributed by atoms with Crippen LogP contribution in [0.4, 0.5) is 5.69 Å². The Kier molecular flexibility index (Phi) is 3.48. The minimum absolute atomic E-state index is 0.518. The van der Waals surface area contributed by atoms with Gasteiger partial charge in [-0.25, -0.2) is 0 Å². The summed E-state index contributed by atoms with van der Waals surface area (Å²) in [5.74, 6) is 0.771. The summed E-state index contributed by atoms with van der Waals surface area (Å²) in [5.41, 5.74) is 4.15. The third kappa shape index (κ3) is 2.31. The SMILES string of the molecule is CC1=NN(c2ccc(C#N)c(C)c2)C(C2CCCC2)C1. The van der Waals surface area contributed by atoms with Gasteiger partial charge in [-0.1, -0.05) is 12.8 Å². The molecule has 1 unspecified atom stereocenters. The molecule has 3 heteroatoms. The molecule has 1 atom stereocenters. The highest BCUT2D eigenvalue weighted by Crippen LogP contribution is 2.37. The van der Waals surface area contributed by atoms with Crippen LogP contribution in [0.15, 0.2) is 23.3 Å². The molecule has 0 N–H and O–H groups in total. The fourth-order valence-corrected chi connectivity index (χ4v) is 3.56. The molecular weight excluding hydrogens is 246 g/mol. The van der Waals surface area contributed by atoms with E-state index in [1.165, 1.54) is 31.4 Å². The lowest BCUT2D eigenvalue weighted by Gasteiger charge is -2.28. The summed E-state index contributed by atoms with van der Waals surface area (Å²) >= 11 is 0. The lowest BCUT2D eigenvalue weighted by Crippen LogP contribution is -2.32. The van der Waals surface area contributed by atoms with Gasteiger partial charge in [-0.15, -0.1) is 0 Å². The van der Waals surface area contributed by atoms with Crippen molar-refractivity contribution < 1.29 is 0 Å². The van der Waals surface area contributed by atoms with Crippen molar-refractivity contribution in [3.63, 3.8) is 0 Å². The maximum Gasteiger partial charge on any atom is 0.0994 e. The van der Waals surface area contributed by atoms with Crippen LogP contribution in [0.5, 0.6) is 0 Å². The van der Waals surface area contributed by atoms with Crippen LogP contribution < -0.4 is 5.01 Å². The van der Waals surface area contributed by atoms with Crippen molar-refractivity contribution in [1.82, 2.24) is 0 Å². The maximum absolute atomic E-state index is 9.05. The van der Waals surface area contributed by atoms with Crippen molar-refractivity contribution in [1.29, 1.82) is 5.26 Å². The van der Waals surface area contributed by atoms with Crippen LogP contribution in [-0.2, 0) is 0 Å². The lowest BCUT2D eigenvalue weighted by molar-refractivity contribution is 0.430. The van der Waals surface area contributed by atoms with Gasteiger partial charge in [0.25, 0.3) is 0 Å². The summed E-state index contributed by atoms with van der Waals surface area (Å²) in [5, 5.41) is 16.0. The molecule has 0 radical (unpaired) electrons. The molecule has 1 aliphatic heterocycles. The van der Waals surface area contributed by atoms with Crippen LogP contribution in [0, 0.1) is 24.2 Å². The van der Waals surface area contributed by atoms with E-state index in [4.69, 9.17) is 10.4 Å². The normalized spacial score (nSPS) is 22.9. The highest BCUT2D eigenvalue weighted by atomic mass is 15.5. The molecule has 1 aromatic rings. The lowest BCUT2D eigenvalue weighted by atomic mass is 9.94. The molecule has 20 heavy (non-hydrogen) atoms. The zero-order chi connectivity index (χ0) is 14.1. The van der Waals surface area contributed by atoms with E-state index in [0.717, 1.165) is 29.2 Å². The van der Waals surface area contributed by atoms with Gasteiger partial charge in [-0.2, -0.15) is 10.4 Å². The van der Waals surface area contributed by atoms with Gasteiger partial charge in [0.15, 0.2) is 0 Å². The Hall–Kier alpha value is -1.82.